The summed E-state index contributed by atoms with van der Waals surface area (Å²) in [4.78, 5) is 12.1. The lowest BCUT2D eigenvalue weighted by Crippen LogP contribution is -2.29. The molecule has 21 heavy (non-hydrogen) atoms. The van der Waals surface area contributed by atoms with Gasteiger partial charge in [0.2, 0.25) is 5.91 Å². The summed E-state index contributed by atoms with van der Waals surface area (Å²) in [6, 6.07) is 13.2. The van der Waals surface area contributed by atoms with E-state index < -0.39 is 0 Å². The molecule has 2 nitrogen and oxygen atoms in total. The van der Waals surface area contributed by atoms with E-state index in [9.17, 15) is 4.79 Å². The van der Waals surface area contributed by atoms with Crippen LogP contribution in [-0.2, 0) is 11.2 Å². The van der Waals surface area contributed by atoms with E-state index >= 15 is 0 Å². The van der Waals surface area contributed by atoms with E-state index in [1.165, 1.54) is 21.8 Å². The Morgan fingerprint density at radius 2 is 2.19 bits per heavy atom. The largest absolute Gasteiger partial charge is 0.352 e. The zero-order chi connectivity index (χ0) is 14.2. The lowest BCUT2D eigenvalue weighted by Gasteiger charge is -2.13. The number of hydrogen-bond donors (Lipinski definition) is 1. The number of thiophene rings is 1. The monoisotopic (exact) mass is 315 g/mol. The molecule has 0 saturated heterocycles. The van der Waals surface area contributed by atoms with Gasteiger partial charge in [0.1, 0.15) is 0 Å². The molecule has 4 rings (SSSR count). The molecule has 0 bridgehead atoms. The molecule has 0 spiro atoms. The number of amides is 1. The molecular weight excluding hydrogens is 298 g/mol. The van der Waals surface area contributed by atoms with Crippen molar-refractivity contribution in [3.8, 4) is 0 Å². The van der Waals surface area contributed by atoms with Crippen LogP contribution in [0.5, 0.6) is 0 Å². The highest BCUT2D eigenvalue weighted by atomic mass is 32.2. The van der Waals surface area contributed by atoms with E-state index in [1.54, 1.807) is 23.1 Å². The van der Waals surface area contributed by atoms with Gasteiger partial charge in [0.15, 0.2) is 0 Å². The highest BCUT2D eigenvalue weighted by Crippen LogP contribution is 2.54. The minimum atomic E-state index is 0.172. The molecule has 2 aliphatic carbocycles. The second kappa shape index (κ2) is 5.50. The first-order valence-electron chi connectivity index (χ1n) is 7.36. The second-order valence-electron chi connectivity index (χ2n) is 5.74. The van der Waals surface area contributed by atoms with Crippen LogP contribution in [0.25, 0.3) is 0 Å². The van der Waals surface area contributed by atoms with Crippen LogP contribution in [0.15, 0.2) is 46.0 Å². The lowest BCUT2D eigenvalue weighted by atomic mass is 9.92. The zero-order valence-electron chi connectivity index (χ0n) is 11.6. The Bertz CT molecular complexity index is 653. The average Bonchev–Trinajstić information content (AvgIpc) is 2.96. The Morgan fingerprint density at radius 3 is 3.05 bits per heavy atom. The number of hydrogen-bond acceptors (Lipinski definition) is 3. The van der Waals surface area contributed by atoms with Crippen molar-refractivity contribution in [3.63, 3.8) is 0 Å². The molecule has 1 aromatic heterocycles. The standard InChI is InChI=1S/C17H17NOS2/c19-14(10-21-15-6-3-9-20-15)18-17-13-8-7-11-4-1-2-5-12(11)16(13)17/h1-6,9,13,16-17H,7-8,10H2,(H,18,19)/t13-,16-,17-/m1/s1. The number of nitrogens with one attached hydrogen (secondary N) is 1. The van der Waals surface area contributed by atoms with Crippen molar-refractivity contribution < 1.29 is 4.79 Å². The number of aryl methyl sites for hydroxylation is 1. The van der Waals surface area contributed by atoms with Crippen molar-refractivity contribution in [1.82, 2.24) is 5.32 Å². The van der Waals surface area contributed by atoms with Gasteiger partial charge in [-0.3, -0.25) is 4.79 Å². The average molecular weight is 315 g/mol. The third-order valence-electron chi connectivity index (χ3n) is 4.50. The van der Waals surface area contributed by atoms with E-state index in [4.69, 9.17) is 0 Å². The fraction of sp³-hybridized carbons (Fsp3) is 0.353. The summed E-state index contributed by atoms with van der Waals surface area (Å²) in [7, 11) is 0. The topological polar surface area (TPSA) is 29.1 Å². The number of benzene rings is 1. The van der Waals surface area contributed by atoms with Crippen LogP contribution < -0.4 is 5.32 Å². The molecule has 108 valence electrons. The second-order valence-corrected chi connectivity index (χ2v) is 7.96. The molecule has 2 aromatic rings. The molecule has 1 saturated carbocycles. The van der Waals surface area contributed by atoms with Gasteiger partial charge < -0.3 is 5.32 Å². The summed E-state index contributed by atoms with van der Waals surface area (Å²) in [6.45, 7) is 0. The van der Waals surface area contributed by atoms with E-state index in [1.807, 2.05) is 11.4 Å². The zero-order valence-corrected chi connectivity index (χ0v) is 13.3. The maximum atomic E-state index is 12.1. The molecule has 4 heteroatoms. The van der Waals surface area contributed by atoms with Gasteiger partial charge in [-0.25, -0.2) is 0 Å². The predicted molar refractivity (Wildman–Crippen MR) is 88.0 cm³/mol. The lowest BCUT2D eigenvalue weighted by molar-refractivity contribution is -0.118. The van der Waals surface area contributed by atoms with Crippen molar-refractivity contribution in [2.45, 2.75) is 29.0 Å². The van der Waals surface area contributed by atoms with Gasteiger partial charge in [0, 0.05) is 12.0 Å². The third-order valence-corrected chi connectivity index (χ3v) is 6.63. The summed E-state index contributed by atoms with van der Waals surface area (Å²) in [5.41, 5.74) is 2.94. The number of rotatable bonds is 4. The van der Waals surface area contributed by atoms with Gasteiger partial charge in [-0.05, 0) is 41.3 Å². The highest BCUT2D eigenvalue weighted by Gasteiger charge is 2.53. The first-order chi connectivity index (χ1) is 10.3. The maximum Gasteiger partial charge on any atom is 0.230 e. The van der Waals surface area contributed by atoms with Crippen LogP contribution in [0, 0.1) is 5.92 Å². The first-order valence-corrected chi connectivity index (χ1v) is 9.23. The number of thioether (sulfide) groups is 1. The van der Waals surface area contributed by atoms with Crippen molar-refractivity contribution in [1.29, 1.82) is 0 Å². The fourth-order valence-corrected chi connectivity index (χ4v) is 5.07. The number of fused-ring (bicyclic) bond motifs is 3. The van der Waals surface area contributed by atoms with Crippen LogP contribution in [0.3, 0.4) is 0 Å². The third kappa shape index (κ3) is 2.62. The Hall–Kier alpha value is -1.26. The normalized spacial score (nSPS) is 25.8. The molecule has 3 atom stereocenters. The summed E-state index contributed by atoms with van der Waals surface area (Å²) in [5, 5.41) is 5.29. The quantitative estimate of drug-likeness (QED) is 0.872. The summed E-state index contributed by atoms with van der Waals surface area (Å²) in [5.74, 6) is 1.92. The predicted octanol–water partition coefficient (Wildman–Crippen LogP) is 3.68. The molecule has 2 aliphatic rings. The van der Waals surface area contributed by atoms with Gasteiger partial charge in [0.05, 0.1) is 9.96 Å². The van der Waals surface area contributed by atoms with Crippen LogP contribution in [0.4, 0.5) is 0 Å². The van der Waals surface area contributed by atoms with Crippen LogP contribution >= 0.6 is 23.1 Å². The van der Waals surface area contributed by atoms with Gasteiger partial charge in [-0.15, -0.1) is 23.1 Å². The van der Waals surface area contributed by atoms with E-state index in [0.29, 0.717) is 23.6 Å². The summed E-state index contributed by atoms with van der Waals surface area (Å²) >= 11 is 3.32. The molecule has 1 heterocycles. The smallest absolute Gasteiger partial charge is 0.230 e. The van der Waals surface area contributed by atoms with Gasteiger partial charge in [0.25, 0.3) is 0 Å². The Morgan fingerprint density at radius 1 is 1.29 bits per heavy atom. The highest BCUT2D eigenvalue weighted by molar-refractivity contribution is 8.01. The molecule has 0 unspecified atom stereocenters. The van der Waals surface area contributed by atoms with Crippen molar-refractivity contribution in [2.24, 2.45) is 5.92 Å². The van der Waals surface area contributed by atoms with Gasteiger partial charge in [-0.1, -0.05) is 30.3 Å². The first kappa shape index (κ1) is 13.4. The van der Waals surface area contributed by atoms with Crippen LogP contribution in [0.1, 0.15) is 23.5 Å². The molecule has 1 N–H and O–H groups in total. The summed E-state index contributed by atoms with van der Waals surface area (Å²) < 4.78 is 1.21. The SMILES string of the molecule is O=C(CSc1cccs1)N[C@@H]1[C@@H]2CCc3ccccc3[C@H]21. The fourth-order valence-electron chi connectivity index (χ4n) is 3.47. The summed E-state index contributed by atoms with van der Waals surface area (Å²) in [6.07, 6.45) is 2.37. The van der Waals surface area contributed by atoms with Crippen molar-refractivity contribution in [3.05, 3.63) is 52.9 Å². The van der Waals surface area contributed by atoms with Crippen LogP contribution in [0.2, 0.25) is 0 Å². The Balaban J connectivity index is 1.36. The van der Waals surface area contributed by atoms with E-state index in [0.717, 1.165) is 6.42 Å². The Labute approximate surface area is 133 Å². The Kier molecular flexibility index (Phi) is 3.51. The van der Waals surface area contributed by atoms with Crippen LogP contribution in [-0.4, -0.2) is 17.7 Å². The molecular formula is C17H17NOS2. The van der Waals surface area contributed by atoms with Crippen molar-refractivity contribution >= 4 is 29.0 Å². The van der Waals surface area contributed by atoms with E-state index in [2.05, 4.69) is 35.6 Å². The van der Waals surface area contributed by atoms with E-state index in [-0.39, 0.29) is 5.91 Å². The molecule has 0 radical (unpaired) electrons. The van der Waals surface area contributed by atoms with Gasteiger partial charge in [-0.2, -0.15) is 0 Å². The molecule has 0 aliphatic heterocycles. The maximum absolute atomic E-state index is 12.1. The molecule has 1 fully saturated rings. The minimum absolute atomic E-state index is 0.172. The number of carbonyl (C=O) groups excluding carboxylic acids is 1. The minimum Gasteiger partial charge on any atom is -0.352 e. The molecule has 1 aromatic carbocycles. The number of carbonyl (C=O) groups is 1. The molecule has 1 amide bonds. The van der Waals surface area contributed by atoms with Crippen molar-refractivity contribution in [2.75, 3.05) is 5.75 Å². The van der Waals surface area contributed by atoms with Gasteiger partial charge >= 0.3 is 0 Å².